The molecule has 172 valence electrons. The Bertz CT molecular complexity index is 926. The van der Waals surface area contributed by atoms with Gasteiger partial charge < -0.3 is 20.4 Å². The summed E-state index contributed by atoms with van der Waals surface area (Å²) in [5.74, 6) is -1.90. The second kappa shape index (κ2) is 11.0. The van der Waals surface area contributed by atoms with E-state index in [4.69, 9.17) is 0 Å². The molecule has 0 bridgehead atoms. The minimum Gasteiger partial charge on any atom is -0.372 e. The molecule has 0 atom stereocenters. The Morgan fingerprint density at radius 3 is 2.38 bits per heavy atom. The maximum Gasteiger partial charge on any atom is 0.254 e. The van der Waals surface area contributed by atoms with Crippen molar-refractivity contribution < 1.29 is 18.4 Å². The Labute approximate surface area is 187 Å². The molecule has 0 unspecified atom stereocenters. The molecule has 1 aliphatic rings. The number of benzene rings is 2. The topological polar surface area (TPSA) is 64.7 Å². The van der Waals surface area contributed by atoms with Gasteiger partial charge in [-0.2, -0.15) is 0 Å². The lowest BCUT2D eigenvalue weighted by Crippen LogP contribution is -2.37. The third kappa shape index (κ3) is 6.75. The second-order valence-electron chi connectivity index (χ2n) is 8.42. The molecule has 8 heteroatoms. The number of piperidine rings is 1. The highest BCUT2D eigenvalue weighted by Crippen LogP contribution is 2.25. The molecule has 2 aromatic carbocycles. The van der Waals surface area contributed by atoms with Crippen LogP contribution in [0, 0.1) is 17.6 Å². The van der Waals surface area contributed by atoms with E-state index in [0.717, 1.165) is 43.4 Å². The summed E-state index contributed by atoms with van der Waals surface area (Å²) in [6.45, 7) is 3.22. The van der Waals surface area contributed by atoms with Crippen LogP contribution in [0.4, 0.5) is 20.2 Å². The van der Waals surface area contributed by atoms with Gasteiger partial charge in [0.25, 0.3) is 5.91 Å². The quantitative estimate of drug-likeness (QED) is 0.654. The molecule has 0 spiro atoms. The van der Waals surface area contributed by atoms with Crippen LogP contribution in [0.15, 0.2) is 42.5 Å². The Morgan fingerprint density at radius 1 is 1.06 bits per heavy atom. The molecule has 6 nitrogen and oxygen atoms in total. The third-order valence-corrected chi connectivity index (χ3v) is 5.57. The minimum absolute atomic E-state index is 0.0374. The first-order valence-electron chi connectivity index (χ1n) is 10.8. The molecule has 0 aliphatic carbocycles. The predicted octanol–water partition coefficient (Wildman–Crippen LogP) is 3.50. The van der Waals surface area contributed by atoms with Crippen LogP contribution in [-0.4, -0.2) is 57.0 Å². The van der Waals surface area contributed by atoms with Crippen LogP contribution in [0.5, 0.6) is 0 Å². The number of hydrogen-bond donors (Lipinski definition) is 2. The molecule has 1 fully saturated rings. The standard InChI is InChI=1S/C24H30F2N4O2/c1-29(2)16-17-10-13-30(14-11-17)20-6-4-19(5-7-20)28-23(31)9-12-27-24(32)21-8-3-18(25)15-22(21)26/h3-8,15,17H,9-14,16H2,1-2H3,(H,27,32)(H,28,31). The number of amides is 2. The van der Waals surface area contributed by atoms with Crippen LogP contribution in [0.25, 0.3) is 0 Å². The fourth-order valence-electron chi connectivity index (χ4n) is 3.93. The van der Waals surface area contributed by atoms with Crippen molar-refractivity contribution in [3.05, 3.63) is 59.7 Å². The Morgan fingerprint density at radius 2 is 1.75 bits per heavy atom. The normalized spacial score (nSPS) is 14.5. The number of hydrogen-bond acceptors (Lipinski definition) is 4. The molecule has 0 radical (unpaired) electrons. The molecule has 0 saturated carbocycles. The maximum absolute atomic E-state index is 13.6. The van der Waals surface area contributed by atoms with Gasteiger partial charge in [-0.1, -0.05) is 0 Å². The average molecular weight is 445 g/mol. The highest BCUT2D eigenvalue weighted by Gasteiger charge is 2.20. The minimum atomic E-state index is -0.936. The average Bonchev–Trinajstić information content (AvgIpc) is 2.74. The molecule has 2 aromatic rings. The summed E-state index contributed by atoms with van der Waals surface area (Å²) >= 11 is 0. The van der Waals surface area contributed by atoms with Crippen molar-refractivity contribution in [1.82, 2.24) is 10.2 Å². The predicted molar refractivity (Wildman–Crippen MR) is 122 cm³/mol. The van der Waals surface area contributed by atoms with Gasteiger partial charge in [0.1, 0.15) is 11.6 Å². The number of carbonyl (C=O) groups is 2. The molecule has 2 N–H and O–H groups in total. The number of anilines is 2. The van der Waals surface area contributed by atoms with Crippen molar-refractivity contribution in [2.45, 2.75) is 19.3 Å². The van der Waals surface area contributed by atoms with Crippen molar-refractivity contribution in [2.75, 3.05) is 50.5 Å². The lowest BCUT2D eigenvalue weighted by molar-refractivity contribution is -0.116. The van der Waals surface area contributed by atoms with Gasteiger partial charge >= 0.3 is 0 Å². The van der Waals surface area contributed by atoms with E-state index in [9.17, 15) is 18.4 Å². The van der Waals surface area contributed by atoms with Gasteiger partial charge in [0.15, 0.2) is 0 Å². The van der Waals surface area contributed by atoms with E-state index in [1.165, 1.54) is 12.8 Å². The van der Waals surface area contributed by atoms with Crippen molar-refractivity contribution >= 4 is 23.2 Å². The summed E-state index contributed by atoms with van der Waals surface area (Å²) in [7, 11) is 4.22. The van der Waals surface area contributed by atoms with Gasteiger partial charge in [-0.25, -0.2) is 8.78 Å². The van der Waals surface area contributed by atoms with Gasteiger partial charge in [-0.3, -0.25) is 9.59 Å². The van der Waals surface area contributed by atoms with E-state index < -0.39 is 17.5 Å². The van der Waals surface area contributed by atoms with E-state index in [0.29, 0.717) is 11.8 Å². The fraction of sp³-hybridized carbons (Fsp3) is 0.417. The molecule has 1 saturated heterocycles. The van der Waals surface area contributed by atoms with E-state index in [2.05, 4.69) is 34.5 Å². The zero-order chi connectivity index (χ0) is 23.1. The monoisotopic (exact) mass is 444 g/mol. The third-order valence-electron chi connectivity index (χ3n) is 5.57. The zero-order valence-electron chi connectivity index (χ0n) is 18.5. The number of nitrogens with zero attached hydrogens (tertiary/aromatic N) is 2. The summed E-state index contributed by atoms with van der Waals surface area (Å²) in [6, 6.07) is 10.5. The molecule has 1 heterocycles. The van der Waals surface area contributed by atoms with Crippen molar-refractivity contribution in [3.63, 3.8) is 0 Å². The van der Waals surface area contributed by atoms with Crippen LogP contribution in [0.3, 0.4) is 0 Å². The van der Waals surface area contributed by atoms with Gasteiger partial charge in [0, 0.05) is 50.0 Å². The van der Waals surface area contributed by atoms with E-state index in [1.54, 1.807) is 0 Å². The summed E-state index contributed by atoms with van der Waals surface area (Å²) in [4.78, 5) is 28.7. The van der Waals surface area contributed by atoms with Gasteiger partial charge in [0.05, 0.1) is 5.56 Å². The maximum atomic E-state index is 13.6. The van der Waals surface area contributed by atoms with Gasteiger partial charge in [0.2, 0.25) is 5.91 Å². The van der Waals surface area contributed by atoms with Crippen molar-refractivity contribution in [3.8, 4) is 0 Å². The summed E-state index contributed by atoms with van der Waals surface area (Å²) < 4.78 is 26.6. The lowest BCUT2D eigenvalue weighted by Gasteiger charge is -2.34. The zero-order valence-corrected chi connectivity index (χ0v) is 18.5. The van der Waals surface area contributed by atoms with E-state index in [1.807, 2.05) is 24.3 Å². The molecule has 2 amide bonds. The fourth-order valence-corrected chi connectivity index (χ4v) is 3.93. The number of halogens is 2. The number of nitrogens with one attached hydrogen (secondary N) is 2. The Hall–Kier alpha value is -3.00. The Kier molecular flexibility index (Phi) is 8.16. The van der Waals surface area contributed by atoms with Gasteiger partial charge in [-0.15, -0.1) is 0 Å². The molecule has 3 rings (SSSR count). The molecule has 0 aromatic heterocycles. The van der Waals surface area contributed by atoms with Crippen molar-refractivity contribution in [1.29, 1.82) is 0 Å². The second-order valence-corrected chi connectivity index (χ2v) is 8.42. The Balaban J connectivity index is 1.41. The van der Waals surface area contributed by atoms with Crippen LogP contribution in [0.1, 0.15) is 29.6 Å². The van der Waals surface area contributed by atoms with E-state index >= 15 is 0 Å². The van der Waals surface area contributed by atoms with Crippen LogP contribution >= 0.6 is 0 Å². The van der Waals surface area contributed by atoms with Crippen LogP contribution < -0.4 is 15.5 Å². The lowest BCUT2D eigenvalue weighted by atomic mass is 9.96. The first-order chi connectivity index (χ1) is 15.3. The molecule has 32 heavy (non-hydrogen) atoms. The number of carbonyl (C=O) groups excluding carboxylic acids is 2. The highest BCUT2D eigenvalue weighted by molar-refractivity contribution is 5.95. The van der Waals surface area contributed by atoms with E-state index in [-0.39, 0.29) is 24.4 Å². The van der Waals surface area contributed by atoms with Crippen LogP contribution in [0.2, 0.25) is 0 Å². The van der Waals surface area contributed by atoms with Gasteiger partial charge in [-0.05, 0) is 69.3 Å². The summed E-state index contributed by atoms with van der Waals surface area (Å²) in [6.07, 6.45) is 2.38. The SMILES string of the molecule is CN(C)CC1CCN(c2ccc(NC(=O)CCNC(=O)c3ccc(F)cc3F)cc2)CC1. The largest absolute Gasteiger partial charge is 0.372 e. The first-order valence-corrected chi connectivity index (χ1v) is 10.8. The molecular weight excluding hydrogens is 414 g/mol. The smallest absolute Gasteiger partial charge is 0.254 e. The highest BCUT2D eigenvalue weighted by atomic mass is 19.1. The van der Waals surface area contributed by atoms with Crippen molar-refractivity contribution in [2.24, 2.45) is 5.92 Å². The summed E-state index contributed by atoms with van der Waals surface area (Å²) in [5, 5.41) is 5.27. The van der Waals surface area contributed by atoms with Crippen LogP contribution in [-0.2, 0) is 4.79 Å². The number of rotatable bonds is 8. The summed E-state index contributed by atoms with van der Waals surface area (Å²) in [5.41, 5.74) is 1.56. The molecule has 1 aliphatic heterocycles. The molecular formula is C24H30F2N4O2. The first kappa shape index (κ1) is 23.7.